The van der Waals surface area contributed by atoms with Crippen molar-refractivity contribution in [1.29, 1.82) is 0 Å². The predicted octanol–water partition coefficient (Wildman–Crippen LogP) is 5.33. The lowest BCUT2D eigenvalue weighted by atomic mass is 10.0. The first-order valence-corrected chi connectivity index (χ1v) is 13.8. The monoisotopic (exact) mass is 480 g/mol. The quantitative estimate of drug-likeness (QED) is 0.456. The Labute approximate surface area is 213 Å². The molecule has 0 aromatic carbocycles. The Morgan fingerprint density at radius 2 is 0.588 bits per heavy atom. The van der Waals surface area contributed by atoms with Crippen molar-refractivity contribution in [3.05, 3.63) is 0 Å². The topological polar surface area (TPSA) is 19.4 Å². The normalized spacial score (nSPS) is 22.6. The molecule has 2 aliphatic rings. The molecule has 34 heavy (non-hydrogen) atoms. The van der Waals surface area contributed by atoms with Crippen LogP contribution in [0.25, 0.3) is 0 Å². The van der Waals surface area contributed by atoms with Gasteiger partial charge in [-0.05, 0) is 95.9 Å². The summed E-state index contributed by atoms with van der Waals surface area (Å²) >= 11 is 0. The molecule has 2 saturated heterocycles. The van der Waals surface area contributed by atoms with Crippen LogP contribution in [-0.4, -0.2) is 105 Å². The number of hydrogen-bond acceptors (Lipinski definition) is 6. The van der Waals surface area contributed by atoms with Crippen molar-refractivity contribution in [2.75, 3.05) is 53.1 Å². The van der Waals surface area contributed by atoms with E-state index in [1.807, 2.05) is 0 Å². The molecular weight excluding hydrogens is 420 g/mol. The molecule has 0 atom stereocenters. The van der Waals surface area contributed by atoms with Crippen molar-refractivity contribution in [2.45, 2.75) is 131 Å². The third kappa shape index (κ3) is 9.33. The predicted molar refractivity (Wildman–Crippen MR) is 147 cm³/mol. The number of rotatable bonds is 7. The minimum Gasteiger partial charge on any atom is -0.277 e. The van der Waals surface area contributed by atoms with Crippen LogP contribution in [0.1, 0.15) is 109 Å². The average Bonchev–Trinajstić information content (AvgIpc) is 2.67. The molecule has 2 heterocycles. The Bertz CT molecular complexity index is 508. The molecule has 2 rings (SSSR count). The summed E-state index contributed by atoms with van der Waals surface area (Å²) in [6.45, 7) is 37.1. The van der Waals surface area contributed by atoms with E-state index in [0.717, 1.165) is 40.0 Å². The van der Waals surface area contributed by atoms with Gasteiger partial charge in [0.25, 0.3) is 0 Å². The van der Waals surface area contributed by atoms with E-state index in [1.54, 1.807) is 0 Å². The van der Waals surface area contributed by atoms with Crippen LogP contribution in [0.2, 0.25) is 0 Å². The minimum absolute atomic E-state index is 0.207. The van der Waals surface area contributed by atoms with Gasteiger partial charge in [-0.2, -0.15) is 0 Å². The second-order valence-corrected chi connectivity index (χ2v) is 14.9. The molecule has 0 radical (unpaired) electrons. The average molecular weight is 481 g/mol. The fraction of sp³-hybridized carbons (Fsp3) is 1.00. The lowest BCUT2D eigenvalue weighted by Crippen LogP contribution is -2.63. The zero-order valence-corrected chi connectivity index (χ0v) is 25.2. The van der Waals surface area contributed by atoms with Crippen LogP contribution >= 0.6 is 0 Å². The molecule has 0 saturated carbocycles. The summed E-state index contributed by atoms with van der Waals surface area (Å²) < 4.78 is 0. The van der Waals surface area contributed by atoms with E-state index in [4.69, 9.17) is 0 Å². The van der Waals surface area contributed by atoms with E-state index in [0.29, 0.717) is 0 Å². The maximum atomic E-state index is 2.66. The largest absolute Gasteiger partial charge is 0.277 e. The highest BCUT2D eigenvalue weighted by Gasteiger charge is 2.36. The summed E-state index contributed by atoms with van der Waals surface area (Å²) in [6.07, 6.45) is 5.28. The maximum Gasteiger partial charge on any atom is 0.0540 e. The highest BCUT2D eigenvalue weighted by molar-refractivity contribution is 4.86. The van der Waals surface area contributed by atoms with Crippen LogP contribution < -0.4 is 0 Å². The Hall–Kier alpha value is -0.240. The third-order valence-corrected chi connectivity index (χ3v) is 7.66. The second kappa shape index (κ2) is 11.4. The first kappa shape index (κ1) is 30.0. The van der Waals surface area contributed by atoms with Gasteiger partial charge < -0.3 is 0 Å². The van der Waals surface area contributed by atoms with Crippen molar-refractivity contribution in [1.82, 2.24) is 29.4 Å². The standard InChI is InChI=1S/C28H60N6/c1-25(2,3)31-19-29(20-32(23-31)26(4,5)6)17-15-13-14-16-18-30-21-33(27(7,8)9)24-34(22-30)28(10,11)12/h13-24H2,1-12H3. The summed E-state index contributed by atoms with van der Waals surface area (Å²) in [5.74, 6) is 0. The van der Waals surface area contributed by atoms with Gasteiger partial charge in [-0.25, -0.2) is 0 Å². The fourth-order valence-electron chi connectivity index (χ4n) is 4.65. The zero-order valence-electron chi connectivity index (χ0n) is 25.2. The van der Waals surface area contributed by atoms with Crippen molar-refractivity contribution in [3.63, 3.8) is 0 Å². The third-order valence-electron chi connectivity index (χ3n) is 7.66. The van der Waals surface area contributed by atoms with Crippen molar-refractivity contribution < 1.29 is 0 Å². The number of hydrogen-bond donors (Lipinski definition) is 0. The van der Waals surface area contributed by atoms with Gasteiger partial charge in [0.15, 0.2) is 0 Å². The van der Waals surface area contributed by atoms with Crippen LogP contribution in [0.4, 0.5) is 0 Å². The van der Waals surface area contributed by atoms with Crippen LogP contribution in [-0.2, 0) is 0 Å². The summed E-state index contributed by atoms with van der Waals surface area (Å²) in [5.41, 5.74) is 0.827. The molecule has 0 unspecified atom stereocenters. The first-order chi connectivity index (χ1) is 15.4. The van der Waals surface area contributed by atoms with Crippen LogP contribution in [0, 0.1) is 0 Å². The molecule has 2 aliphatic heterocycles. The van der Waals surface area contributed by atoms with E-state index in [-0.39, 0.29) is 22.2 Å². The van der Waals surface area contributed by atoms with Gasteiger partial charge in [0, 0.05) is 35.2 Å². The van der Waals surface area contributed by atoms with Crippen molar-refractivity contribution in [2.24, 2.45) is 0 Å². The zero-order chi connectivity index (χ0) is 25.9. The lowest BCUT2D eigenvalue weighted by molar-refractivity contribution is -0.103. The van der Waals surface area contributed by atoms with Gasteiger partial charge in [0.2, 0.25) is 0 Å². The van der Waals surface area contributed by atoms with E-state index in [2.05, 4.69) is 112 Å². The van der Waals surface area contributed by atoms with Gasteiger partial charge in [-0.1, -0.05) is 12.8 Å². The lowest BCUT2D eigenvalue weighted by Gasteiger charge is -2.52. The van der Waals surface area contributed by atoms with Gasteiger partial charge in [0.1, 0.15) is 0 Å². The molecule has 6 nitrogen and oxygen atoms in total. The molecule has 0 aliphatic carbocycles. The molecule has 0 aromatic rings. The molecule has 0 spiro atoms. The molecule has 0 aromatic heterocycles. The van der Waals surface area contributed by atoms with E-state index >= 15 is 0 Å². The second-order valence-electron chi connectivity index (χ2n) is 14.9. The highest BCUT2D eigenvalue weighted by Crippen LogP contribution is 2.26. The van der Waals surface area contributed by atoms with Gasteiger partial charge >= 0.3 is 0 Å². The molecule has 0 amide bonds. The van der Waals surface area contributed by atoms with Crippen LogP contribution in [0.15, 0.2) is 0 Å². The maximum absolute atomic E-state index is 2.66. The number of unbranched alkanes of at least 4 members (excludes halogenated alkanes) is 3. The highest BCUT2D eigenvalue weighted by atomic mass is 15.5. The van der Waals surface area contributed by atoms with Gasteiger partial charge in [-0.15, -0.1) is 0 Å². The summed E-state index contributed by atoms with van der Waals surface area (Å²) in [4.78, 5) is 15.8. The summed E-state index contributed by atoms with van der Waals surface area (Å²) in [7, 11) is 0. The van der Waals surface area contributed by atoms with Crippen LogP contribution in [0.3, 0.4) is 0 Å². The molecule has 202 valence electrons. The van der Waals surface area contributed by atoms with Crippen LogP contribution in [0.5, 0.6) is 0 Å². The Morgan fingerprint density at radius 3 is 0.794 bits per heavy atom. The Kier molecular flexibility index (Phi) is 10.1. The molecule has 6 heteroatoms. The summed E-state index contributed by atoms with van der Waals surface area (Å²) in [5, 5.41) is 0. The Balaban J connectivity index is 1.77. The smallest absolute Gasteiger partial charge is 0.0540 e. The van der Waals surface area contributed by atoms with E-state index in [9.17, 15) is 0 Å². The first-order valence-electron chi connectivity index (χ1n) is 13.8. The van der Waals surface area contributed by atoms with E-state index in [1.165, 1.54) is 38.8 Å². The van der Waals surface area contributed by atoms with E-state index < -0.39 is 0 Å². The van der Waals surface area contributed by atoms with Crippen molar-refractivity contribution >= 4 is 0 Å². The van der Waals surface area contributed by atoms with Gasteiger partial charge in [0.05, 0.1) is 40.0 Å². The Morgan fingerprint density at radius 1 is 0.353 bits per heavy atom. The molecule has 2 fully saturated rings. The molecule has 0 N–H and O–H groups in total. The number of nitrogens with zero attached hydrogens (tertiary/aromatic N) is 6. The molecule has 0 bridgehead atoms. The fourth-order valence-corrected chi connectivity index (χ4v) is 4.65. The van der Waals surface area contributed by atoms with Crippen molar-refractivity contribution in [3.8, 4) is 0 Å². The molecular formula is C28H60N6. The van der Waals surface area contributed by atoms with Gasteiger partial charge in [-0.3, -0.25) is 29.4 Å². The SMILES string of the molecule is CC(C)(C)N1CN(CCCCCCN2CN(C(C)(C)C)CN(C(C)(C)C)C2)CN(C(C)(C)C)C1. The minimum atomic E-state index is 0.207. The summed E-state index contributed by atoms with van der Waals surface area (Å²) in [6, 6.07) is 0.